The first-order valence-corrected chi connectivity index (χ1v) is 4.64. The molecule has 12 heavy (non-hydrogen) atoms. The molecule has 0 saturated heterocycles. The van der Waals surface area contributed by atoms with E-state index in [0.29, 0.717) is 0 Å². The summed E-state index contributed by atoms with van der Waals surface area (Å²) in [5, 5.41) is 8.91. The molecule has 0 radical (unpaired) electrons. The lowest BCUT2D eigenvalue weighted by Gasteiger charge is -2.08. The molecule has 1 aromatic carbocycles. The van der Waals surface area contributed by atoms with Crippen LogP contribution >= 0.6 is 15.9 Å². The van der Waals surface area contributed by atoms with Crippen molar-refractivity contribution in [1.29, 1.82) is 0 Å². The summed E-state index contributed by atoms with van der Waals surface area (Å²) in [6.45, 7) is 2.12. The van der Waals surface area contributed by atoms with Crippen LogP contribution in [0.2, 0.25) is 0 Å². The van der Waals surface area contributed by atoms with E-state index in [9.17, 15) is 0 Å². The lowest BCUT2D eigenvalue weighted by Crippen LogP contribution is -2.55. The molecule has 66 valence electrons. The van der Waals surface area contributed by atoms with Crippen molar-refractivity contribution in [2.45, 2.75) is 13.0 Å². The summed E-state index contributed by atoms with van der Waals surface area (Å²) in [6.07, 6.45) is 0. The van der Waals surface area contributed by atoms with Gasteiger partial charge in [0.15, 0.2) is 0 Å². The number of benzene rings is 1. The summed E-state index contributed by atoms with van der Waals surface area (Å²) in [5.41, 5.74) is 6.13. The van der Waals surface area contributed by atoms with Gasteiger partial charge in [-0.1, -0.05) is 22.0 Å². The molecule has 0 heterocycles. The summed E-state index contributed by atoms with van der Waals surface area (Å²) in [4.78, 5) is 0. The number of hydrogen-bond donors (Lipinski definition) is 2. The van der Waals surface area contributed by atoms with Crippen LogP contribution < -0.4 is 5.73 Å². The Kier molecular flexibility index (Phi) is 3.26. The Bertz CT molecular complexity index is 275. The molecule has 0 aliphatic rings. The van der Waals surface area contributed by atoms with Gasteiger partial charge in [0.1, 0.15) is 6.04 Å². The third-order valence-corrected chi connectivity index (χ3v) is 2.39. The van der Waals surface area contributed by atoms with Gasteiger partial charge in [0, 0.05) is 10.0 Å². The van der Waals surface area contributed by atoms with E-state index < -0.39 is 0 Å². The lowest BCUT2D eigenvalue weighted by molar-refractivity contribution is -0.432. The standard InChI is InChI=1S/C9H12BrNO/c1-6-4-7(10)2-3-8(6)9(11)5-12/h2-4,9,12H,5,11H2,1H3/p+1. The number of halogens is 1. The Morgan fingerprint density at radius 3 is 2.75 bits per heavy atom. The summed E-state index contributed by atoms with van der Waals surface area (Å²) < 4.78 is 1.06. The molecular weight excluding hydrogens is 218 g/mol. The minimum atomic E-state index is -0.0156. The Morgan fingerprint density at radius 2 is 2.25 bits per heavy atom. The van der Waals surface area contributed by atoms with Crippen LogP contribution in [0.25, 0.3) is 0 Å². The lowest BCUT2D eigenvalue weighted by atomic mass is 10.0. The molecule has 0 bridgehead atoms. The molecule has 0 aromatic heterocycles. The molecule has 1 aromatic rings. The predicted molar refractivity (Wildman–Crippen MR) is 51.6 cm³/mol. The minimum Gasteiger partial charge on any atom is -0.390 e. The van der Waals surface area contributed by atoms with E-state index in [-0.39, 0.29) is 12.6 Å². The molecule has 2 nitrogen and oxygen atoms in total. The van der Waals surface area contributed by atoms with Crippen molar-refractivity contribution in [3.05, 3.63) is 33.8 Å². The molecule has 0 aliphatic carbocycles. The van der Waals surface area contributed by atoms with Crippen LogP contribution in [0.1, 0.15) is 17.2 Å². The fourth-order valence-electron chi connectivity index (χ4n) is 1.20. The van der Waals surface area contributed by atoms with Crippen LogP contribution in [0.3, 0.4) is 0 Å². The molecule has 4 N–H and O–H groups in total. The van der Waals surface area contributed by atoms with Gasteiger partial charge in [-0.15, -0.1) is 0 Å². The van der Waals surface area contributed by atoms with E-state index in [2.05, 4.69) is 21.7 Å². The number of aryl methyl sites for hydroxylation is 1. The third-order valence-electron chi connectivity index (χ3n) is 1.89. The summed E-state index contributed by atoms with van der Waals surface area (Å²) in [6, 6.07) is 5.98. The first-order valence-electron chi connectivity index (χ1n) is 3.85. The molecule has 0 spiro atoms. The Morgan fingerprint density at radius 1 is 1.58 bits per heavy atom. The van der Waals surface area contributed by atoms with E-state index in [1.54, 1.807) is 0 Å². The monoisotopic (exact) mass is 230 g/mol. The average molecular weight is 231 g/mol. The first kappa shape index (κ1) is 9.71. The normalized spacial score (nSPS) is 13.0. The van der Waals surface area contributed by atoms with Gasteiger partial charge < -0.3 is 10.8 Å². The zero-order valence-electron chi connectivity index (χ0n) is 7.05. The molecule has 1 unspecified atom stereocenters. The van der Waals surface area contributed by atoms with Crippen molar-refractivity contribution in [1.82, 2.24) is 0 Å². The summed E-state index contributed by atoms with van der Waals surface area (Å²) >= 11 is 3.38. The maximum absolute atomic E-state index is 8.91. The van der Waals surface area contributed by atoms with Crippen LogP contribution in [0.15, 0.2) is 22.7 Å². The van der Waals surface area contributed by atoms with Crippen LogP contribution in [0.5, 0.6) is 0 Å². The molecule has 0 fully saturated rings. The quantitative estimate of drug-likeness (QED) is 0.784. The zero-order valence-corrected chi connectivity index (χ0v) is 8.63. The van der Waals surface area contributed by atoms with E-state index >= 15 is 0 Å². The van der Waals surface area contributed by atoms with E-state index in [1.165, 1.54) is 5.56 Å². The second-order valence-corrected chi connectivity index (χ2v) is 3.80. The Labute approximate surface area is 80.5 Å². The van der Waals surface area contributed by atoms with Crippen molar-refractivity contribution in [2.24, 2.45) is 0 Å². The van der Waals surface area contributed by atoms with Gasteiger partial charge in [-0.3, -0.25) is 0 Å². The highest BCUT2D eigenvalue weighted by atomic mass is 79.9. The van der Waals surface area contributed by atoms with Gasteiger partial charge >= 0.3 is 0 Å². The first-order chi connectivity index (χ1) is 5.65. The molecule has 0 aliphatic heterocycles. The number of quaternary nitrogens is 1. The van der Waals surface area contributed by atoms with E-state index in [0.717, 1.165) is 10.0 Å². The fraction of sp³-hybridized carbons (Fsp3) is 0.333. The van der Waals surface area contributed by atoms with Gasteiger partial charge in [-0.2, -0.15) is 0 Å². The van der Waals surface area contributed by atoms with Gasteiger partial charge in [0.05, 0.1) is 6.61 Å². The Hall–Kier alpha value is -0.380. The van der Waals surface area contributed by atoms with Crippen molar-refractivity contribution < 1.29 is 10.8 Å². The topological polar surface area (TPSA) is 47.9 Å². The van der Waals surface area contributed by atoms with E-state index in [1.807, 2.05) is 25.1 Å². The molecule has 1 rings (SSSR count). The van der Waals surface area contributed by atoms with Crippen molar-refractivity contribution in [3.63, 3.8) is 0 Å². The van der Waals surface area contributed by atoms with Crippen molar-refractivity contribution in [3.8, 4) is 0 Å². The molecular formula is C9H13BrNO+. The van der Waals surface area contributed by atoms with Crippen LogP contribution in [-0.4, -0.2) is 11.7 Å². The highest BCUT2D eigenvalue weighted by molar-refractivity contribution is 9.10. The van der Waals surface area contributed by atoms with E-state index in [4.69, 9.17) is 5.11 Å². The molecule has 0 amide bonds. The van der Waals surface area contributed by atoms with Crippen LogP contribution in [0.4, 0.5) is 0 Å². The SMILES string of the molecule is Cc1cc(Br)ccc1C([NH3+])CO. The smallest absolute Gasteiger partial charge is 0.134 e. The van der Waals surface area contributed by atoms with Crippen molar-refractivity contribution >= 4 is 15.9 Å². The van der Waals surface area contributed by atoms with Gasteiger partial charge in [0.2, 0.25) is 0 Å². The Balaban J connectivity index is 3.01. The maximum atomic E-state index is 8.91. The zero-order chi connectivity index (χ0) is 9.14. The van der Waals surface area contributed by atoms with Crippen LogP contribution in [0, 0.1) is 6.92 Å². The number of hydrogen-bond acceptors (Lipinski definition) is 1. The summed E-state index contributed by atoms with van der Waals surface area (Å²) in [5.74, 6) is 0. The molecule has 0 saturated carbocycles. The summed E-state index contributed by atoms with van der Waals surface area (Å²) in [7, 11) is 0. The highest BCUT2D eigenvalue weighted by Gasteiger charge is 2.10. The van der Waals surface area contributed by atoms with Crippen LogP contribution in [-0.2, 0) is 0 Å². The highest BCUT2D eigenvalue weighted by Crippen LogP contribution is 2.18. The van der Waals surface area contributed by atoms with Gasteiger partial charge in [-0.25, -0.2) is 0 Å². The number of rotatable bonds is 2. The molecule has 3 heteroatoms. The van der Waals surface area contributed by atoms with Crippen molar-refractivity contribution in [2.75, 3.05) is 6.61 Å². The predicted octanol–water partition coefficient (Wildman–Crippen LogP) is 1.03. The number of aliphatic hydroxyl groups is 1. The second kappa shape index (κ2) is 4.03. The second-order valence-electron chi connectivity index (χ2n) is 2.88. The maximum Gasteiger partial charge on any atom is 0.134 e. The fourth-order valence-corrected chi connectivity index (χ4v) is 1.67. The van der Waals surface area contributed by atoms with Gasteiger partial charge in [-0.05, 0) is 24.6 Å². The largest absolute Gasteiger partial charge is 0.390 e. The molecule has 1 atom stereocenters. The number of aliphatic hydroxyl groups excluding tert-OH is 1. The third kappa shape index (κ3) is 2.06. The van der Waals surface area contributed by atoms with Gasteiger partial charge in [0.25, 0.3) is 0 Å². The minimum absolute atomic E-state index is 0.0156. The average Bonchev–Trinajstić information content (AvgIpc) is 2.03.